The number of pyridine rings is 2. The first-order valence-electron chi connectivity index (χ1n) is 8.00. The second-order valence-corrected chi connectivity index (χ2v) is 6.04. The lowest BCUT2D eigenvalue weighted by Gasteiger charge is -2.09. The molecule has 0 amide bonds. The molecule has 1 aromatic carbocycles. The van der Waals surface area contributed by atoms with Crippen LogP contribution in [-0.2, 0) is 6.18 Å². The molecule has 6 heteroatoms. The Hall–Kier alpha value is -3.15. The van der Waals surface area contributed by atoms with Crippen molar-refractivity contribution < 1.29 is 13.2 Å². The van der Waals surface area contributed by atoms with Crippen molar-refractivity contribution in [1.82, 2.24) is 14.5 Å². The Kier molecular flexibility index (Phi) is 3.76. The predicted octanol–water partition coefficient (Wildman–Crippen LogP) is 5.41. The first-order valence-corrected chi connectivity index (χ1v) is 8.00. The quantitative estimate of drug-likeness (QED) is 0.482. The van der Waals surface area contributed by atoms with Crippen LogP contribution in [0.3, 0.4) is 0 Å². The first-order chi connectivity index (χ1) is 12.4. The number of fused-ring (bicyclic) bond motifs is 1. The van der Waals surface area contributed by atoms with Crippen LogP contribution in [0.25, 0.3) is 28.0 Å². The molecule has 4 aromatic rings. The van der Waals surface area contributed by atoms with E-state index >= 15 is 0 Å². The summed E-state index contributed by atoms with van der Waals surface area (Å²) in [6.45, 7) is 1.94. The Balaban J connectivity index is 1.89. The second-order valence-electron chi connectivity index (χ2n) is 6.04. The number of halogens is 3. The minimum absolute atomic E-state index is 0.473. The van der Waals surface area contributed by atoms with Gasteiger partial charge < -0.3 is 0 Å². The highest BCUT2D eigenvalue weighted by atomic mass is 19.4. The van der Waals surface area contributed by atoms with Gasteiger partial charge in [-0.15, -0.1) is 0 Å². The maximum Gasteiger partial charge on any atom is 0.416 e. The number of aromatic nitrogens is 3. The zero-order valence-electron chi connectivity index (χ0n) is 13.8. The smallest absolute Gasteiger partial charge is 0.299 e. The molecule has 0 aliphatic carbocycles. The number of aryl methyl sites for hydroxylation is 1. The highest BCUT2D eigenvalue weighted by Gasteiger charge is 2.30. The van der Waals surface area contributed by atoms with Gasteiger partial charge >= 0.3 is 6.18 Å². The van der Waals surface area contributed by atoms with Crippen molar-refractivity contribution in [2.45, 2.75) is 13.1 Å². The van der Waals surface area contributed by atoms with Crippen molar-refractivity contribution in [2.75, 3.05) is 0 Å². The Morgan fingerprint density at radius 1 is 0.923 bits per heavy atom. The summed E-state index contributed by atoms with van der Waals surface area (Å²) in [6, 6.07) is 12.7. The summed E-state index contributed by atoms with van der Waals surface area (Å²) in [5.74, 6) is 0.730. The van der Waals surface area contributed by atoms with Crippen LogP contribution < -0.4 is 0 Å². The fourth-order valence-electron chi connectivity index (χ4n) is 2.98. The van der Waals surface area contributed by atoms with Crippen LogP contribution in [0, 0.1) is 6.92 Å². The van der Waals surface area contributed by atoms with E-state index in [2.05, 4.69) is 9.97 Å². The maximum absolute atomic E-state index is 13.0. The molecule has 0 N–H and O–H groups in total. The van der Waals surface area contributed by atoms with Crippen LogP contribution in [0.2, 0.25) is 0 Å². The molecule has 0 fully saturated rings. The molecule has 0 unspecified atom stereocenters. The molecule has 0 saturated carbocycles. The third-order valence-electron chi connectivity index (χ3n) is 4.24. The van der Waals surface area contributed by atoms with Crippen LogP contribution >= 0.6 is 0 Å². The Morgan fingerprint density at radius 3 is 2.50 bits per heavy atom. The van der Waals surface area contributed by atoms with Crippen LogP contribution in [0.1, 0.15) is 11.1 Å². The Bertz CT molecular complexity index is 1080. The lowest BCUT2D eigenvalue weighted by Crippen LogP contribution is -2.04. The van der Waals surface area contributed by atoms with E-state index in [1.807, 2.05) is 42.0 Å². The first kappa shape index (κ1) is 16.3. The molecular weight excluding hydrogens is 339 g/mol. The van der Waals surface area contributed by atoms with E-state index in [0.717, 1.165) is 34.5 Å². The molecule has 0 radical (unpaired) electrons. The summed E-state index contributed by atoms with van der Waals surface area (Å²) in [7, 11) is 0. The van der Waals surface area contributed by atoms with E-state index in [1.54, 1.807) is 18.5 Å². The molecule has 3 aromatic heterocycles. The van der Waals surface area contributed by atoms with E-state index in [4.69, 9.17) is 0 Å². The van der Waals surface area contributed by atoms with Crippen LogP contribution in [0.5, 0.6) is 0 Å². The largest absolute Gasteiger partial charge is 0.416 e. The molecule has 3 heterocycles. The van der Waals surface area contributed by atoms with Crippen molar-refractivity contribution in [3.05, 3.63) is 78.2 Å². The monoisotopic (exact) mass is 353 g/mol. The molecule has 130 valence electrons. The molecule has 26 heavy (non-hydrogen) atoms. The lowest BCUT2D eigenvalue weighted by atomic mass is 10.0. The Labute approximate surface area is 147 Å². The number of alkyl halides is 3. The molecule has 0 bridgehead atoms. The van der Waals surface area contributed by atoms with E-state index in [9.17, 15) is 13.2 Å². The van der Waals surface area contributed by atoms with Gasteiger partial charge in [0.15, 0.2) is 0 Å². The number of rotatable bonds is 2. The highest BCUT2D eigenvalue weighted by molar-refractivity contribution is 5.85. The third-order valence-corrected chi connectivity index (χ3v) is 4.24. The van der Waals surface area contributed by atoms with Crippen LogP contribution in [0.4, 0.5) is 13.2 Å². The number of benzene rings is 1. The molecule has 0 aliphatic heterocycles. The van der Waals surface area contributed by atoms with E-state index in [-0.39, 0.29) is 0 Å². The average Bonchev–Trinajstić information content (AvgIpc) is 2.98. The van der Waals surface area contributed by atoms with Gasteiger partial charge in [0, 0.05) is 24.2 Å². The summed E-state index contributed by atoms with van der Waals surface area (Å²) in [5, 5.41) is 0. The summed E-state index contributed by atoms with van der Waals surface area (Å²) < 4.78 is 40.9. The highest BCUT2D eigenvalue weighted by Crippen LogP contribution is 2.33. The lowest BCUT2D eigenvalue weighted by molar-refractivity contribution is -0.137. The van der Waals surface area contributed by atoms with Gasteiger partial charge in [0.2, 0.25) is 0 Å². The zero-order chi connectivity index (χ0) is 18.3. The minimum Gasteiger partial charge on any atom is -0.299 e. The minimum atomic E-state index is -4.38. The fraction of sp³-hybridized carbons (Fsp3) is 0.100. The van der Waals surface area contributed by atoms with Gasteiger partial charge in [-0.1, -0.05) is 18.2 Å². The van der Waals surface area contributed by atoms with Gasteiger partial charge in [-0.25, -0.2) is 4.98 Å². The van der Waals surface area contributed by atoms with Crippen molar-refractivity contribution in [2.24, 2.45) is 0 Å². The summed E-state index contributed by atoms with van der Waals surface area (Å²) >= 11 is 0. The summed E-state index contributed by atoms with van der Waals surface area (Å²) in [6.07, 6.45) is 0.850. The van der Waals surface area contributed by atoms with E-state index in [1.165, 1.54) is 6.07 Å². The average molecular weight is 353 g/mol. The van der Waals surface area contributed by atoms with Crippen molar-refractivity contribution in [3.63, 3.8) is 0 Å². The molecule has 0 aliphatic rings. The molecule has 0 spiro atoms. The van der Waals surface area contributed by atoms with Crippen molar-refractivity contribution >= 4 is 11.0 Å². The van der Waals surface area contributed by atoms with Crippen molar-refractivity contribution in [3.8, 4) is 16.9 Å². The summed E-state index contributed by atoms with van der Waals surface area (Å²) in [4.78, 5) is 8.81. The van der Waals surface area contributed by atoms with Gasteiger partial charge in [0.1, 0.15) is 5.82 Å². The third kappa shape index (κ3) is 2.83. The molecule has 0 saturated heterocycles. The predicted molar refractivity (Wildman–Crippen MR) is 94.0 cm³/mol. The second kappa shape index (κ2) is 5.98. The van der Waals surface area contributed by atoms with E-state index in [0.29, 0.717) is 11.1 Å². The van der Waals surface area contributed by atoms with Gasteiger partial charge in [0.05, 0.1) is 16.6 Å². The van der Waals surface area contributed by atoms with Crippen LogP contribution in [0.15, 0.2) is 67.1 Å². The van der Waals surface area contributed by atoms with Gasteiger partial charge in [-0.05, 0) is 48.4 Å². The normalized spacial score (nSPS) is 11.8. The van der Waals surface area contributed by atoms with Gasteiger partial charge in [0.25, 0.3) is 0 Å². The number of hydrogen-bond donors (Lipinski definition) is 0. The summed E-state index contributed by atoms with van der Waals surface area (Å²) in [5.41, 5.74) is 3.00. The topological polar surface area (TPSA) is 30.7 Å². The molecule has 0 atom stereocenters. The number of nitrogens with zero attached hydrogens (tertiary/aromatic N) is 3. The van der Waals surface area contributed by atoms with E-state index < -0.39 is 11.7 Å². The SMILES string of the molecule is Cc1cn(-c2ccccn2)c2cc(-c3cccc(C(F)(F)F)c3)cnc12. The Morgan fingerprint density at radius 2 is 1.77 bits per heavy atom. The molecular formula is C20H14F3N3. The van der Waals surface area contributed by atoms with Gasteiger partial charge in [-0.3, -0.25) is 9.55 Å². The van der Waals surface area contributed by atoms with Crippen LogP contribution in [-0.4, -0.2) is 14.5 Å². The maximum atomic E-state index is 13.0. The van der Waals surface area contributed by atoms with Gasteiger partial charge in [-0.2, -0.15) is 13.2 Å². The van der Waals surface area contributed by atoms with Crippen molar-refractivity contribution in [1.29, 1.82) is 0 Å². The standard InChI is InChI=1S/C20H14F3N3/c1-13-12-26(18-7-2-3-8-24-18)17-10-15(11-25-19(13)17)14-5-4-6-16(9-14)20(21,22)23/h2-12H,1H3. The molecule has 4 rings (SSSR count). The molecule has 3 nitrogen and oxygen atoms in total. The number of hydrogen-bond acceptors (Lipinski definition) is 2. The fourth-order valence-corrected chi connectivity index (χ4v) is 2.98. The zero-order valence-corrected chi connectivity index (χ0v) is 13.8.